The second-order valence-electron chi connectivity index (χ2n) is 8.02. The fraction of sp³-hybridized carbons (Fsp3) is 0.545. The molecule has 1 amide bonds. The predicted octanol–water partition coefficient (Wildman–Crippen LogP) is 3.00. The van der Waals surface area contributed by atoms with Gasteiger partial charge >= 0.3 is 0 Å². The zero-order chi connectivity index (χ0) is 20.8. The SMILES string of the molecule is COCCNC(=O)c1nn(CCC(C)C)c2c1CN(Cc1ccc(F)cc1)CC2. The Hall–Kier alpha value is -2.25. The number of hydrogen-bond acceptors (Lipinski definition) is 4. The number of benzene rings is 1. The molecule has 0 saturated carbocycles. The number of aromatic nitrogens is 2. The van der Waals surface area contributed by atoms with E-state index in [1.165, 1.54) is 12.1 Å². The summed E-state index contributed by atoms with van der Waals surface area (Å²) in [7, 11) is 1.61. The van der Waals surface area contributed by atoms with Crippen LogP contribution in [0.3, 0.4) is 0 Å². The van der Waals surface area contributed by atoms with E-state index >= 15 is 0 Å². The minimum atomic E-state index is -0.226. The van der Waals surface area contributed by atoms with Crippen molar-refractivity contribution in [1.29, 1.82) is 0 Å². The van der Waals surface area contributed by atoms with Crippen LogP contribution < -0.4 is 5.32 Å². The Bertz CT molecular complexity index is 817. The predicted molar refractivity (Wildman–Crippen MR) is 110 cm³/mol. The summed E-state index contributed by atoms with van der Waals surface area (Å²) in [5.74, 6) is 0.203. The summed E-state index contributed by atoms with van der Waals surface area (Å²) in [6, 6.07) is 6.61. The first-order valence-corrected chi connectivity index (χ1v) is 10.3. The fourth-order valence-electron chi connectivity index (χ4n) is 3.63. The topological polar surface area (TPSA) is 59.4 Å². The number of halogens is 1. The number of methoxy groups -OCH3 is 1. The van der Waals surface area contributed by atoms with Gasteiger partial charge in [0.1, 0.15) is 5.82 Å². The van der Waals surface area contributed by atoms with Crippen LogP contribution in [0.25, 0.3) is 0 Å². The minimum absolute atomic E-state index is 0.148. The number of fused-ring (bicyclic) bond motifs is 1. The first-order valence-electron chi connectivity index (χ1n) is 10.3. The van der Waals surface area contributed by atoms with Gasteiger partial charge < -0.3 is 10.1 Å². The van der Waals surface area contributed by atoms with E-state index in [0.717, 1.165) is 49.3 Å². The zero-order valence-corrected chi connectivity index (χ0v) is 17.6. The number of hydrogen-bond donors (Lipinski definition) is 1. The number of nitrogens with zero attached hydrogens (tertiary/aromatic N) is 3. The molecule has 0 aliphatic carbocycles. The maximum absolute atomic E-state index is 13.2. The molecule has 7 heteroatoms. The Labute approximate surface area is 172 Å². The van der Waals surface area contributed by atoms with Gasteiger partial charge in [0, 0.05) is 57.5 Å². The Morgan fingerprint density at radius 1 is 1.31 bits per heavy atom. The number of ether oxygens (including phenoxy) is 1. The van der Waals surface area contributed by atoms with Gasteiger partial charge in [0.2, 0.25) is 0 Å². The second-order valence-corrected chi connectivity index (χ2v) is 8.02. The van der Waals surface area contributed by atoms with Crippen LogP contribution in [0.2, 0.25) is 0 Å². The molecule has 158 valence electrons. The van der Waals surface area contributed by atoms with Crippen molar-refractivity contribution in [2.24, 2.45) is 5.92 Å². The van der Waals surface area contributed by atoms with Gasteiger partial charge in [0.15, 0.2) is 5.69 Å². The van der Waals surface area contributed by atoms with E-state index in [9.17, 15) is 9.18 Å². The third kappa shape index (κ3) is 5.64. The summed E-state index contributed by atoms with van der Waals surface area (Å²) in [6.45, 7) is 8.42. The number of carbonyl (C=O) groups is 1. The number of amides is 1. The summed E-state index contributed by atoms with van der Waals surface area (Å²) < 4.78 is 20.2. The number of aryl methyl sites for hydroxylation is 1. The van der Waals surface area contributed by atoms with Crippen molar-refractivity contribution in [1.82, 2.24) is 20.0 Å². The van der Waals surface area contributed by atoms with Gasteiger partial charge in [-0.3, -0.25) is 14.4 Å². The molecule has 2 heterocycles. The highest BCUT2D eigenvalue weighted by molar-refractivity contribution is 5.94. The molecule has 0 bridgehead atoms. The van der Waals surface area contributed by atoms with E-state index in [2.05, 4.69) is 29.2 Å². The van der Waals surface area contributed by atoms with Crippen LogP contribution in [-0.2, 0) is 30.8 Å². The highest BCUT2D eigenvalue weighted by Gasteiger charge is 2.28. The lowest BCUT2D eigenvalue weighted by molar-refractivity contribution is 0.0929. The maximum atomic E-state index is 13.2. The molecule has 1 aromatic heterocycles. The van der Waals surface area contributed by atoms with E-state index < -0.39 is 0 Å². The van der Waals surface area contributed by atoms with E-state index in [1.54, 1.807) is 7.11 Å². The molecule has 29 heavy (non-hydrogen) atoms. The third-order valence-electron chi connectivity index (χ3n) is 5.26. The largest absolute Gasteiger partial charge is 0.383 e. The summed E-state index contributed by atoms with van der Waals surface area (Å²) in [6.07, 6.45) is 1.88. The van der Waals surface area contributed by atoms with Gasteiger partial charge in [0.05, 0.1) is 6.61 Å². The monoisotopic (exact) mass is 402 g/mol. The van der Waals surface area contributed by atoms with Crippen LogP contribution in [0.1, 0.15) is 47.6 Å². The molecule has 0 fully saturated rings. The van der Waals surface area contributed by atoms with Crippen molar-refractivity contribution >= 4 is 5.91 Å². The smallest absolute Gasteiger partial charge is 0.272 e. The Morgan fingerprint density at radius 2 is 2.07 bits per heavy atom. The molecular formula is C22H31FN4O2. The van der Waals surface area contributed by atoms with Crippen LogP contribution in [-0.4, -0.2) is 47.4 Å². The first kappa shape index (κ1) is 21.5. The molecule has 1 aromatic carbocycles. The lowest BCUT2D eigenvalue weighted by Gasteiger charge is -2.28. The molecule has 1 aliphatic rings. The summed E-state index contributed by atoms with van der Waals surface area (Å²) in [5, 5.41) is 7.58. The maximum Gasteiger partial charge on any atom is 0.272 e. The van der Waals surface area contributed by atoms with Gasteiger partial charge in [-0.25, -0.2) is 4.39 Å². The van der Waals surface area contributed by atoms with Crippen molar-refractivity contribution in [3.05, 3.63) is 52.6 Å². The van der Waals surface area contributed by atoms with Gasteiger partial charge in [-0.05, 0) is 30.0 Å². The highest BCUT2D eigenvalue weighted by atomic mass is 19.1. The van der Waals surface area contributed by atoms with E-state index in [4.69, 9.17) is 4.74 Å². The van der Waals surface area contributed by atoms with E-state index in [0.29, 0.717) is 31.3 Å². The van der Waals surface area contributed by atoms with Crippen LogP contribution in [0.5, 0.6) is 0 Å². The van der Waals surface area contributed by atoms with Crippen LogP contribution >= 0.6 is 0 Å². The first-order chi connectivity index (χ1) is 14.0. The van der Waals surface area contributed by atoms with E-state index in [1.807, 2.05) is 16.8 Å². The van der Waals surface area contributed by atoms with Gasteiger partial charge in [-0.15, -0.1) is 0 Å². The van der Waals surface area contributed by atoms with Gasteiger partial charge in [0.25, 0.3) is 5.91 Å². The average Bonchev–Trinajstić information content (AvgIpc) is 3.06. The van der Waals surface area contributed by atoms with Crippen molar-refractivity contribution in [2.45, 2.75) is 46.3 Å². The molecule has 1 aliphatic heterocycles. The Kier molecular flexibility index (Phi) is 7.39. The van der Waals surface area contributed by atoms with Crippen molar-refractivity contribution in [2.75, 3.05) is 26.8 Å². The summed E-state index contributed by atoms with van der Waals surface area (Å²) >= 11 is 0. The summed E-state index contributed by atoms with van der Waals surface area (Å²) in [4.78, 5) is 15.0. The quantitative estimate of drug-likeness (QED) is 0.655. The molecule has 0 atom stereocenters. The number of carbonyl (C=O) groups excluding carboxylic acids is 1. The lowest BCUT2D eigenvalue weighted by Crippen LogP contribution is -2.33. The van der Waals surface area contributed by atoms with E-state index in [-0.39, 0.29) is 11.7 Å². The van der Waals surface area contributed by atoms with Gasteiger partial charge in [-0.1, -0.05) is 26.0 Å². The van der Waals surface area contributed by atoms with Crippen molar-refractivity contribution in [3.8, 4) is 0 Å². The fourth-order valence-corrected chi connectivity index (χ4v) is 3.63. The van der Waals surface area contributed by atoms with Crippen molar-refractivity contribution < 1.29 is 13.9 Å². The molecule has 0 radical (unpaired) electrons. The van der Waals surface area contributed by atoms with Crippen molar-refractivity contribution in [3.63, 3.8) is 0 Å². The van der Waals surface area contributed by atoms with Crippen LogP contribution in [0, 0.1) is 11.7 Å². The molecule has 2 aromatic rings. The molecule has 0 unspecified atom stereocenters. The Morgan fingerprint density at radius 3 is 2.76 bits per heavy atom. The van der Waals surface area contributed by atoms with Crippen LogP contribution in [0.4, 0.5) is 4.39 Å². The zero-order valence-electron chi connectivity index (χ0n) is 17.6. The molecule has 1 N–H and O–H groups in total. The normalized spacial score (nSPS) is 14.2. The minimum Gasteiger partial charge on any atom is -0.383 e. The Balaban J connectivity index is 1.78. The second kappa shape index (κ2) is 9.98. The molecular weight excluding hydrogens is 371 g/mol. The molecule has 0 spiro atoms. The summed E-state index contributed by atoms with van der Waals surface area (Å²) in [5.41, 5.74) is 3.76. The molecule has 6 nitrogen and oxygen atoms in total. The third-order valence-corrected chi connectivity index (χ3v) is 5.26. The standard InChI is InChI=1S/C22H31FN4O2/c1-16(2)8-12-27-20-9-11-26(14-17-4-6-18(23)7-5-17)15-19(20)21(25-27)22(28)24-10-13-29-3/h4-7,16H,8-15H2,1-3H3,(H,24,28). The molecule has 0 saturated heterocycles. The lowest BCUT2D eigenvalue weighted by atomic mass is 10.0. The van der Waals surface area contributed by atoms with Crippen LogP contribution in [0.15, 0.2) is 24.3 Å². The molecule has 3 rings (SSSR count). The van der Waals surface area contributed by atoms with Gasteiger partial charge in [-0.2, -0.15) is 5.10 Å². The average molecular weight is 403 g/mol. The highest BCUT2D eigenvalue weighted by Crippen LogP contribution is 2.25. The number of nitrogens with one attached hydrogen (secondary N) is 1. The number of rotatable bonds is 9.